The Balaban J connectivity index is 2.40. The first-order chi connectivity index (χ1) is 9.13. The van der Waals surface area contributed by atoms with Crippen LogP contribution in [0, 0.1) is 0 Å². The molecule has 2 nitrogen and oxygen atoms in total. The molecule has 1 unspecified atom stereocenters. The number of rotatable bonds is 9. The van der Waals surface area contributed by atoms with E-state index < -0.39 is 0 Å². The highest BCUT2D eigenvalue weighted by Gasteiger charge is 2.07. The van der Waals surface area contributed by atoms with Gasteiger partial charge in [-0.05, 0) is 38.0 Å². The van der Waals surface area contributed by atoms with Crippen LogP contribution in [0.4, 0.5) is 0 Å². The van der Waals surface area contributed by atoms with Crippen LogP contribution in [0.3, 0.4) is 0 Å². The predicted octanol–water partition coefficient (Wildman–Crippen LogP) is 4.83. The second kappa shape index (κ2) is 8.98. The summed E-state index contributed by atoms with van der Waals surface area (Å²) < 4.78 is 5.71. The zero-order valence-electron chi connectivity index (χ0n) is 12.7. The molecule has 0 aliphatic carbocycles. The molecule has 2 heteroatoms. The first kappa shape index (κ1) is 16.0. The van der Waals surface area contributed by atoms with Crippen LogP contribution < -0.4 is 10.5 Å². The lowest BCUT2D eigenvalue weighted by molar-refractivity contribution is 0.242. The molecule has 2 N–H and O–H groups in total. The van der Waals surface area contributed by atoms with Crippen molar-refractivity contribution in [3.8, 4) is 5.75 Å². The minimum absolute atomic E-state index is 0.136. The van der Waals surface area contributed by atoms with Crippen molar-refractivity contribution in [1.29, 1.82) is 0 Å². The fourth-order valence-corrected chi connectivity index (χ4v) is 2.23. The lowest BCUT2D eigenvalue weighted by Crippen LogP contribution is -2.11. The molecule has 0 aliphatic rings. The summed E-state index contributed by atoms with van der Waals surface area (Å²) in [5, 5.41) is 0. The Morgan fingerprint density at radius 1 is 1.11 bits per heavy atom. The molecular weight excluding hydrogens is 234 g/mol. The van der Waals surface area contributed by atoms with E-state index in [0.717, 1.165) is 12.2 Å². The molecule has 108 valence electrons. The molecule has 0 spiro atoms. The van der Waals surface area contributed by atoms with E-state index in [1.807, 2.05) is 26.0 Å². The largest absolute Gasteiger partial charge is 0.491 e. The molecule has 0 heterocycles. The Hall–Kier alpha value is -1.02. The standard InChI is InChI=1S/C17H29NO/c1-4-5-6-7-8-12-17(18)15-10-9-11-16(13-15)19-14(2)3/h9-11,13-14,17H,4-8,12,18H2,1-3H3. The number of hydrogen-bond donors (Lipinski definition) is 1. The lowest BCUT2D eigenvalue weighted by Gasteiger charge is -2.15. The highest BCUT2D eigenvalue weighted by atomic mass is 16.5. The van der Waals surface area contributed by atoms with Gasteiger partial charge in [0, 0.05) is 6.04 Å². The number of benzene rings is 1. The third kappa shape index (κ3) is 6.63. The molecule has 0 aromatic heterocycles. The maximum absolute atomic E-state index is 6.25. The van der Waals surface area contributed by atoms with E-state index in [1.165, 1.54) is 37.7 Å². The van der Waals surface area contributed by atoms with Crippen molar-refractivity contribution in [3.05, 3.63) is 29.8 Å². The van der Waals surface area contributed by atoms with Gasteiger partial charge in [-0.25, -0.2) is 0 Å². The first-order valence-electron chi connectivity index (χ1n) is 7.65. The Morgan fingerprint density at radius 3 is 2.53 bits per heavy atom. The molecule has 0 saturated carbocycles. The molecule has 0 amide bonds. The quantitative estimate of drug-likeness (QED) is 0.647. The summed E-state index contributed by atoms with van der Waals surface area (Å²) in [6.07, 6.45) is 7.75. The van der Waals surface area contributed by atoms with Gasteiger partial charge >= 0.3 is 0 Å². The Morgan fingerprint density at radius 2 is 1.84 bits per heavy atom. The van der Waals surface area contributed by atoms with Gasteiger partial charge in [0.1, 0.15) is 5.75 Å². The van der Waals surface area contributed by atoms with Crippen LogP contribution in [0.5, 0.6) is 5.75 Å². The van der Waals surface area contributed by atoms with E-state index in [2.05, 4.69) is 19.1 Å². The number of ether oxygens (including phenoxy) is 1. The van der Waals surface area contributed by atoms with E-state index in [1.54, 1.807) is 0 Å². The minimum Gasteiger partial charge on any atom is -0.491 e. The third-order valence-corrected chi connectivity index (χ3v) is 3.28. The van der Waals surface area contributed by atoms with Crippen molar-refractivity contribution >= 4 is 0 Å². The van der Waals surface area contributed by atoms with Gasteiger partial charge in [0.05, 0.1) is 6.10 Å². The monoisotopic (exact) mass is 263 g/mol. The van der Waals surface area contributed by atoms with Gasteiger partial charge in [0.25, 0.3) is 0 Å². The van der Waals surface area contributed by atoms with Gasteiger partial charge in [-0.15, -0.1) is 0 Å². The van der Waals surface area contributed by atoms with Gasteiger partial charge in [-0.2, -0.15) is 0 Å². The summed E-state index contributed by atoms with van der Waals surface area (Å²) in [4.78, 5) is 0. The molecule has 0 saturated heterocycles. The van der Waals surface area contributed by atoms with Gasteiger partial charge in [0.2, 0.25) is 0 Å². The molecular formula is C17H29NO. The molecule has 0 radical (unpaired) electrons. The van der Waals surface area contributed by atoms with E-state index in [0.29, 0.717) is 0 Å². The van der Waals surface area contributed by atoms with Crippen LogP contribution in [-0.2, 0) is 0 Å². The first-order valence-corrected chi connectivity index (χ1v) is 7.65. The van der Waals surface area contributed by atoms with Gasteiger partial charge in [-0.1, -0.05) is 51.2 Å². The van der Waals surface area contributed by atoms with Crippen molar-refractivity contribution in [2.75, 3.05) is 0 Å². The zero-order chi connectivity index (χ0) is 14.1. The highest BCUT2D eigenvalue weighted by Crippen LogP contribution is 2.22. The molecule has 0 bridgehead atoms. The molecule has 1 aromatic rings. The van der Waals surface area contributed by atoms with Crippen LogP contribution >= 0.6 is 0 Å². The predicted molar refractivity (Wildman–Crippen MR) is 82.5 cm³/mol. The SMILES string of the molecule is CCCCCCCC(N)c1cccc(OC(C)C)c1. The molecule has 1 aromatic carbocycles. The Kier molecular flexibility index (Phi) is 7.57. The van der Waals surface area contributed by atoms with Gasteiger partial charge in [0.15, 0.2) is 0 Å². The average Bonchev–Trinajstić information content (AvgIpc) is 2.38. The molecule has 1 atom stereocenters. The van der Waals surface area contributed by atoms with Crippen LogP contribution in [0.15, 0.2) is 24.3 Å². The van der Waals surface area contributed by atoms with Crippen molar-refractivity contribution in [3.63, 3.8) is 0 Å². The van der Waals surface area contributed by atoms with E-state index in [4.69, 9.17) is 10.5 Å². The van der Waals surface area contributed by atoms with E-state index >= 15 is 0 Å². The normalized spacial score (nSPS) is 12.7. The van der Waals surface area contributed by atoms with Crippen molar-refractivity contribution in [2.45, 2.75) is 71.4 Å². The van der Waals surface area contributed by atoms with Crippen molar-refractivity contribution < 1.29 is 4.74 Å². The number of nitrogens with two attached hydrogens (primary N) is 1. The van der Waals surface area contributed by atoms with Crippen LogP contribution in [0.1, 0.15) is 70.9 Å². The smallest absolute Gasteiger partial charge is 0.120 e. The summed E-state index contributed by atoms with van der Waals surface area (Å²) in [5.41, 5.74) is 7.44. The fourth-order valence-electron chi connectivity index (χ4n) is 2.23. The topological polar surface area (TPSA) is 35.2 Å². The third-order valence-electron chi connectivity index (χ3n) is 3.28. The molecule has 1 rings (SSSR count). The molecule has 0 aliphatic heterocycles. The maximum Gasteiger partial charge on any atom is 0.120 e. The Labute approximate surface area is 118 Å². The van der Waals surface area contributed by atoms with Gasteiger partial charge in [-0.3, -0.25) is 0 Å². The van der Waals surface area contributed by atoms with Crippen LogP contribution in [-0.4, -0.2) is 6.10 Å². The van der Waals surface area contributed by atoms with Crippen LogP contribution in [0.25, 0.3) is 0 Å². The summed E-state index contributed by atoms with van der Waals surface area (Å²) in [7, 11) is 0. The lowest BCUT2D eigenvalue weighted by atomic mass is 10.0. The summed E-state index contributed by atoms with van der Waals surface area (Å²) in [6.45, 7) is 6.33. The van der Waals surface area contributed by atoms with Gasteiger partial charge < -0.3 is 10.5 Å². The minimum atomic E-state index is 0.136. The summed E-state index contributed by atoms with van der Waals surface area (Å²) in [5.74, 6) is 0.925. The Bertz CT molecular complexity index is 349. The molecule has 0 fully saturated rings. The second-order valence-corrected chi connectivity index (χ2v) is 5.55. The zero-order valence-corrected chi connectivity index (χ0v) is 12.7. The number of hydrogen-bond acceptors (Lipinski definition) is 2. The average molecular weight is 263 g/mol. The highest BCUT2D eigenvalue weighted by molar-refractivity contribution is 5.30. The second-order valence-electron chi connectivity index (χ2n) is 5.55. The summed E-state index contributed by atoms with van der Waals surface area (Å²) in [6, 6.07) is 8.35. The van der Waals surface area contributed by atoms with Crippen LogP contribution in [0.2, 0.25) is 0 Å². The molecule has 19 heavy (non-hydrogen) atoms. The van der Waals surface area contributed by atoms with E-state index in [-0.39, 0.29) is 12.1 Å². The van der Waals surface area contributed by atoms with Crippen molar-refractivity contribution in [1.82, 2.24) is 0 Å². The van der Waals surface area contributed by atoms with E-state index in [9.17, 15) is 0 Å². The summed E-state index contributed by atoms with van der Waals surface area (Å²) >= 11 is 0. The maximum atomic E-state index is 6.25. The fraction of sp³-hybridized carbons (Fsp3) is 0.647. The number of unbranched alkanes of at least 4 members (excludes halogenated alkanes) is 4. The van der Waals surface area contributed by atoms with Crippen molar-refractivity contribution in [2.24, 2.45) is 5.73 Å².